The molecule has 0 unspecified atom stereocenters. The molecule has 1 aromatic carbocycles. The summed E-state index contributed by atoms with van der Waals surface area (Å²) in [4.78, 5) is 33.1. The van der Waals surface area contributed by atoms with Gasteiger partial charge in [0.05, 0.1) is 12.2 Å². The van der Waals surface area contributed by atoms with E-state index in [1.54, 1.807) is 18.2 Å². The molecular formula is C20H27N3O3. The van der Waals surface area contributed by atoms with Crippen molar-refractivity contribution in [2.45, 2.75) is 26.8 Å². The molecule has 0 spiro atoms. The van der Waals surface area contributed by atoms with Crippen LogP contribution in [0.4, 0.5) is 0 Å². The van der Waals surface area contributed by atoms with Gasteiger partial charge in [0, 0.05) is 54.9 Å². The maximum Gasteiger partial charge on any atom is 0.338 e. The molecule has 140 valence electrons. The number of likely N-dealkylation sites (N-methyl/N-ethyl adjacent to an activating group) is 1. The summed E-state index contributed by atoms with van der Waals surface area (Å²) in [5.41, 5.74) is 2.84. The highest BCUT2D eigenvalue weighted by Crippen LogP contribution is 2.16. The topological polar surface area (TPSA) is 65.6 Å². The molecule has 1 aromatic heterocycles. The van der Waals surface area contributed by atoms with Crippen LogP contribution >= 0.6 is 0 Å². The van der Waals surface area contributed by atoms with Gasteiger partial charge in [0.25, 0.3) is 0 Å². The fraction of sp³-hybridized carbons (Fsp3) is 0.500. The van der Waals surface area contributed by atoms with Gasteiger partial charge < -0.3 is 14.6 Å². The lowest BCUT2D eigenvalue weighted by Crippen LogP contribution is -2.44. The Morgan fingerprint density at radius 1 is 1.23 bits per heavy atom. The molecule has 1 fully saturated rings. The first-order valence-electron chi connectivity index (χ1n) is 9.23. The van der Waals surface area contributed by atoms with E-state index in [2.05, 4.69) is 21.8 Å². The van der Waals surface area contributed by atoms with Crippen molar-refractivity contribution < 1.29 is 9.53 Å². The number of pyridine rings is 1. The first-order chi connectivity index (χ1) is 12.5. The first kappa shape index (κ1) is 18.6. The van der Waals surface area contributed by atoms with E-state index < -0.39 is 0 Å². The van der Waals surface area contributed by atoms with Crippen LogP contribution in [0.2, 0.25) is 0 Å². The molecule has 6 nitrogen and oxygen atoms in total. The summed E-state index contributed by atoms with van der Waals surface area (Å²) in [6.07, 6.45) is 0.772. The van der Waals surface area contributed by atoms with E-state index in [0.717, 1.165) is 49.4 Å². The number of ether oxygens (including phenoxy) is 1. The number of carbonyl (C=O) groups excluding carboxylic acids is 1. The van der Waals surface area contributed by atoms with Crippen molar-refractivity contribution in [3.05, 3.63) is 45.2 Å². The predicted molar refractivity (Wildman–Crippen MR) is 103 cm³/mol. The number of benzene rings is 1. The van der Waals surface area contributed by atoms with Crippen LogP contribution in [0.5, 0.6) is 0 Å². The van der Waals surface area contributed by atoms with Crippen LogP contribution in [0.3, 0.4) is 0 Å². The number of H-pyrrole nitrogens is 1. The Morgan fingerprint density at radius 2 is 1.96 bits per heavy atom. The number of fused-ring (bicyclic) bond motifs is 1. The molecule has 0 radical (unpaired) electrons. The molecule has 0 saturated carbocycles. The molecule has 1 N–H and O–H groups in total. The van der Waals surface area contributed by atoms with Crippen molar-refractivity contribution in [2.75, 3.05) is 39.8 Å². The largest absolute Gasteiger partial charge is 0.462 e. The summed E-state index contributed by atoms with van der Waals surface area (Å²) in [6, 6.07) is 5.14. The smallest absolute Gasteiger partial charge is 0.338 e. The van der Waals surface area contributed by atoms with Gasteiger partial charge >= 0.3 is 5.97 Å². The lowest BCUT2D eigenvalue weighted by molar-refractivity contribution is 0.0505. The van der Waals surface area contributed by atoms with Crippen molar-refractivity contribution in [1.82, 2.24) is 14.8 Å². The Morgan fingerprint density at radius 3 is 2.65 bits per heavy atom. The van der Waals surface area contributed by atoms with Crippen LogP contribution in [0.1, 0.15) is 35.0 Å². The van der Waals surface area contributed by atoms with Crippen LogP contribution in [0.15, 0.2) is 23.0 Å². The maximum atomic E-state index is 13.1. The van der Waals surface area contributed by atoms with Crippen molar-refractivity contribution in [2.24, 2.45) is 0 Å². The maximum absolute atomic E-state index is 13.1. The third kappa shape index (κ3) is 3.97. The van der Waals surface area contributed by atoms with Crippen LogP contribution < -0.4 is 5.43 Å². The first-order valence-corrected chi connectivity index (χ1v) is 9.23. The molecule has 1 aliphatic rings. The Bertz CT molecular complexity index is 851. The van der Waals surface area contributed by atoms with Gasteiger partial charge in [-0.3, -0.25) is 9.69 Å². The molecule has 2 heterocycles. The summed E-state index contributed by atoms with van der Waals surface area (Å²) >= 11 is 0. The molecule has 6 heteroatoms. The van der Waals surface area contributed by atoms with E-state index in [4.69, 9.17) is 4.74 Å². The molecule has 2 aromatic rings. The zero-order valence-corrected chi connectivity index (χ0v) is 15.8. The predicted octanol–water partition coefficient (Wildman–Crippen LogP) is 2.15. The highest BCUT2D eigenvalue weighted by molar-refractivity contribution is 5.94. The lowest BCUT2D eigenvalue weighted by Gasteiger charge is -2.32. The quantitative estimate of drug-likeness (QED) is 0.831. The van der Waals surface area contributed by atoms with E-state index in [1.165, 1.54) is 0 Å². The van der Waals surface area contributed by atoms with Gasteiger partial charge in [-0.05, 0) is 38.6 Å². The minimum Gasteiger partial charge on any atom is -0.462 e. The summed E-state index contributed by atoms with van der Waals surface area (Å²) in [6.45, 7) is 8.84. The Balaban J connectivity index is 1.91. The van der Waals surface area contributed by atoms with Crippen molar-refractivity contribution in [1.29, 1.82) is 0 Å². The van der Waals surface area contributed by atoms with Crippen molar-refractivity contribution in [3.8, 4) is 0 Å². The number of rotatable bonds is 5. The van der Waals surface area contributed by atoms with E-state index in [9.17, 15) is 9.59 Å². The number of aromatic amines is 1. The van der Waals surface area contributed by atoms with Crippen LogP contribution in [-0.4, -0.2) is 60.6 Å². The number of carbonyl (C=O) groups is 1. The van der Waals surface area contributed by atoms with Crippen LogP contribution in [0, 0.1) is 6.92 Å². The van der Waals surface area contributed by atoms with Gasteiger partial charge in [-0.25, -0.2) is 4.79 Å². The Labute approximate surface area is 153 Å². The van der Waals surface area contributed by atoms with Gasteiger partial charge in [-0.15, -0.1) is 0 Å². The molecular weight excluding hydrogens is 330 g/mol. The minimum atomic E-state index is -0.380. The van der Waals surface area contributed by atoms with Gasteiger partial charge in [-0.1, -0.05) is 6.92 Å². The third-order valence-corrected chi connectivity index (χ3v) is 4.96. The zero-order chi connectivity index (χ0) is 18.7. The number of hydrogen-bond donors (Lipinski definition) is 1. The van der Waals surface area contributed by atoms with Gasteiger partial charge in [0.2, 0.25) is 0 Å². The second-order valence-electron chi connectivity index (χ2n) is 7.03. The number of esters is 1. The fourth-order valence-corrected chi connectivity index (χ4v) is 3.28. The molecule has 0 aliphatic carbocycles. The van der Waals surface area contributed by atoms with Gasteiger partial charge in [0.15, 0.2) is 5.43 Å². The Kier molecular flexibility index (Phi) is 5.74. The van der Waals surface area contributed by atoms with Crippen molar-refractivity contribution in [3.63, 3.8) is 0 Å². The van der Waals surface area contributed by atoms with Crippen LogP contribution in [-0.2, 0) is 11.3 Å². The summed E-state index contributed by atoms with van der Waals surface area (Å²) in [7, 11) is 2.12. The van der Waals surface area contributed by atoms with Gasteiger partial charge in [-0.2, -0.15) is 0 Å². The normalized spacial score (nSPS) is 16.1. The standard InChI is InChI=1S/C20H27N3O3/c1-4-11-26-20(25)15-5-6-18-16(12-15)19(24)17(14(2)21-18)13-23-9-7-22(3)8-10-23/h5-6,12H,4,7-11,13H2,1-3H3,(H,21,24). The molecule has 0 bridgehead atoms. The number of nitrogens with zero attached hydrogens (tertiary/aromatic N) is 2. The van der Waals surface area contributed by atoms with E-state index in [1.807, 2.05) is 13.8 Å². The number of hydrogen-bond acceptors (Lipinski definition) is 5. The second kappa shape index (κ2) is 8.01. The highest BCUT2D eigenvalue weighted by atomic mass is 16.5. The average Bonchev–Trinajstić information content (AvgIpc) is 2.64. The third-order valence-electron chi connectivity index (χ3n) is 4.96. The van der Waals surface area contributed by atoms with Crippen molar-refractivity contribution >= 4 is 16.9 Å². The van der Waals surface area contributed by atoms with E-state index >= 15 is 0 Å². The average molecular weight is 357 g/mol. The number of aryl methyl sites for hydroxylation is 1. The summed E-state index contributed by atoms with van der Waals surface area (Å²) in [5, 5.41) is 0.547. The van der Waals surface area contributed by atoms with E-state index in [-0.39, 0.29) is 11.4 Å². The van der Waals surface area contributed by atoms with E-state index in [0.29, 0.717) is 24.1 Å². The second-order valence-corrected chi connectivity index (χ2v) is 7.03. The van der Waals surface area contributed by atoms with Gasteiger partial charge in [0.1, 0.15) is 0 Å². The number of nitrogens with one attached hydrogen (secondary N) is 1. The fourth-order valence-electron chi connectivity index (χ4n) is 3.28. The monoisotopic (exact) mass is 357 g/mol. The van der Waals surface area contributed by atoms with Crippen LogP contribution in [0.25, 0.3) is 10.9 Å². The Hall–Kier alpha value is -2.18. The number of aromatic nitrogens is 1. The molecule has 3 rings (SSSR count). The molecule has 0 amide bonds. The molecule has 1 aliphatic heterocycles. The minimum absolute atomic E-state index is 0.000296. The summed E-state index contributed by atoms with van der Waals surface area (Å²) in [5.74, 6) is -0.380. The highest BCUT2D eigenvalue weighted by Gasteiger charge is 2.18. The zero-order valence-electron chi connectivity index (χ0n) is 15.8. The SMILES string of the molecule is CCCOC(=O)c1ccc2[nH]c(C)c(CN3CCN(C)CC3)c(=O)c2c1. The molecule has 0 atom stereocenters. The lowest BCUT2D eigenvalue weighted by atomic mass is 10.1. The summed E-state index contributed by atoms with van der Waals surface area (Å²) < 4.78 is 5.19. The molecule has 1 saturated heterocycles. The number of piperazine rings is 1. The molecule has 26 heavy (non-hydrogen) atoms.